The van der Waals surface area contributed by atoms with Crippen LogP contribution in [0.15, 0.2) is 12.3 Å². The summed E-state index contributed by atoms with van der Waals surface area (Å²) in [6.07, 6.45) is 0.124. The number of hydrogen-bond donors (Lipinski definition) is 1. The van der Waals surface area contributed by atoms with Gasteiger partial charge < -0.3 is 9.84 Å². The Labute approximate surface area is 86.7 Å². The summed E-state index contributed by atoms with van der Waals surface area (Å²) >= 11 is 0. The molecule has 5 heteroatoms. The maximum atomic E-state index is 10.3. The summed E-state index contributed by atoms with van der Waals surface area (Å²) in [4.78, 5) is 10.3. The molecule has 0 aromatic carbocycles. The molecule has 0 spiro atoms. The van der Waals surface area contributed by atoms with E-state index in [1.165, 1.54) is 0 Å². The van der Waals surface area contributed by atoms with Gasteiger partial charge in [-0.1, -0.05) is 0 Å². The third kappa shape index (κ3) is 7.40. The van der Waals surface area contributed by atoms with Crippen LogP contribution in [-0.2, 0) is 9.53 Å². The van der Waals surface area contributed by atoms with Gasteiger partial charge in [0.2, 0.25) is 0 Å². The molecule has 0 fully saturated rings. The van der Waals surface area contributed by atoms with Crippen LogP contribution < -0.4 is 0 Å². The van der Waals surface area contributed by atoms with Crippen molar-refractivity contribution in [1.29, 1.82) is 5.26 Å². The van der Waals surface area contributed by atoms with E-state index in [4.69, 9.17) is 10.4 Å². The third-order valence-electron chi connectivity index (χ3n) is 0.683. The zero-order chi connectivity index (χ0) is 7.98. The Bertz CT molecular complexity index is 185. The average molecular weight is 165 g/mol. The van der Waals surface area contributed by atoms with Crippen LogP contribution >= 0.6 is 0 Å². The van der Waals surface area contributed by atoms with E-state index in [0.29, 0.717) is 0 Å². The SMILES string of the molecule is C=C(O)C(=O)OCCC#N.[NaH]. The first-order valence-corrected chi connectivity index (χ1v) is 2.60. The number of hydrogen-bond acceptors (Lipinski definition) is 4. The number of rotatable bonds is 3. The van der Waals surface area contributed by atoms with E-state index >= 15 is 0 Å². The molecule has 0 aliphatic carbocycles. The fourth-order valence-electron chi connectivity index (χ4n) is 0.273. The number of aliphatic hydroxyl groups is 1. The molecule has 0 saturated carbocycles. The third-order valence-corrected chi connectivity index (χ3v) is 0.683. The van der Waals surface area contributed by atoms with Crippen molar-refractivity contribution in [2.45, 2.75) is 6.42 Å². The molecule has 56 valence electrons. The van der Waals surface area contributed by atoms with Gasteiger partial charge in [-0.05, 0) is 6.58 Å². The van der Waals surface area contributed by atoms with Gasteiger partial charge in [0.05, 0.1) is 12.5 Å². The molecule has 0 atom stereocenters. The molecule has 0 aromatic heterocycles. The number of nitriles is 1. The van der Waals surface area contributed by atoms with Gasteiger partial charge in [-0.3, -0.25) is 0 Å². The monoisotopic (exact) mass is 165 g/mol. The molecule has 0 heterocycles. The normalized spacial score (nSPS) is 7.18. The first kappa shape index (κ1) is 13.1. The number of esters is 1. The molecule has 11 heavy (non-hydrogen) atoms. The molecule has 1 N–H and O–H groups in total. The second-order valence-electron chi connectivity index (χ2n) is 1.49. The van der Waals surface area contributed by atoms with E-state index in [1.807, 2.05) is 0 Å². The van der Waals surface area contributed by atoms with E-state index in [2.05, 4.69) is 11.3 Å². The number of carbonyl (C=O) groups excluding carboxylic acids is 1. The number of aliphatic hydroxyl groups excluding tert-OH is 1. The molecule has 0 aliphatic heterocycles. The van der Waals surface area contributed by atoms with Crippen molar-refractivity contribution in [2.75, 3.05) is 6.61 Å². The minimum atomic E-state index is -0.879. The molecule has 0 bridgehead atoms. The first-order chi connectivity index (χ1) is 4.68. The summed E-state index contributed by atoms with van der Waals surface area (Å²) < 4.78 is 4.33. The predicted molar refractivity (Wildman–Crippen MR) is 40.1 cm³/mol. The van der Waals surface area contributed by atoms with Gasteiger partial charge in [-0.25, -0.2) is 4.79 Å². The molecular weight excluding hydrogens is 157 g/mol. The Balaban J connectivity index is 0. The van der Waals surface area contributed by atoms with Crippen LogP contribution in [0.4, 0.5) is 0 Å². The summed E-state index contributed by atoms with van der Waals surface area (Å²) in [5.74, 6) is -1.52. The fraction of sp³-hybridized carbons (Fsp3) is 0.333. The number of nitrogens with zero attached hydrogens (tertiary/aromatic N) is 1. The molecule has 0 rings (SSSR count). The Morgan fingerprint density at radius 3 is 2.64 bits per heavy atom. The number of ether oxygens (including phenoxy) is 1. The molecule has 0 aliphatic rings. The average Bonchev–Trinajstić information content (AvgIpc) is 1.88. The van der Waals surface area contributed by atoms with Crippen molar-refractivity contribution in [3.8, 4) is 6.07 Å². The van der Waals surface area contributed by atoms with Crippen molar-refractivity contribution in [1.82, 2.24) is 0 Å². The second-order valence-corrected chi connectivity index (χ2v) is 1.49. The van der Waals surface area contributed by atoms with Crippen LogP contribution in [-0.4, -0.2) is 47.2 Å². The Morgan fingerprint density at radius 2 is 2.27 bits per heavy atom. The topological polar surface area (TPSA) is 70.3 Å². The van der Waals surface area contributed by atoms with Crippen LogP contribution in [0.25, 0.3) is 0 Å². The van der Waals surface area contributed by atoms with Gasteiger partial charge in [0.1, 0.15) is 6.61 Å². The second kappa shape index (κ2) is 7.61. The van der Waals surface area contributed by atoms with E-state index < -0.39 is 11.7 Å². The quantitative estimate of drug-likeness (QED) is 0.208. The van der Waals surface area contributed by atoms with Crippen LogP contribution in [0, 0.1) is 11.3 Å². The van der Waals surface area contributed by atoms with Crippen molar-refractivity contribution < 1.29 is 14.6 Å². The summed E-state index contributed by atoms with van der Waals surface area (Å²) in [5.41, 5.74) is 0. The Kier molecular flexibility index (Phi) is 9.07. The van der Waals surface area contributed by atoms with Crippen molar-refractivity contribution >= 4 is 35.5 Å². The molecule has 0 aromatic rings. The van der Waals surface area contributed by atoms with Gasteiger partial charge in [0.25, 0.3) is 0 Å². The standard InChI is InChI=1S/C6H7NO3.Na.H/c1-5(8)6(9)10-4-2-3-7;;/h8H,1-2,4H2;;. The van der Waals surface area contributed by atoms with Gasteiger partial charge in [0.15, 0.2) is 5.76 Å². The molecule has 0 unspecified atom stereocenters. The van der Waals surface area contributed by atoms with Crippen molar-refractivity contribution in [3.05, 3.63) is 12.3 Å². The van der Waals surface area contributed by atoms with Gasteiger partial charge >= 0.3 is 35.5 Å². The van der Waals surface area contributed by atoms with E-state index in [1.54, 1.807) is 6.07 Å². The fourth-order valence-corrected chi connectivity index (χ4v) is 0.273. The van der Waals surface area contributed by atoms with Crippen LogP contribution in [0.2, 0.25) is 0 Å². The van der Waals surface area contributed by atoms with E-state index in [9.17, 15) is 4.79 Å². The summed E-state index contributed by atoms with van der Waals surface area (Å²) in [6.45, 7) is 2.93. The molecule has 0 radical (unpaired) electrons. The Hall–Kier alpha value is -0.500. The van der Waals surface area contributed by atoms with Gasteiger partial charge in [-0.15, -0.1) is 0 Å². The van der Waals surface area contributed by atoms with E-state index in [0.717, 1.165) is 0 Å². The van der Waals surface area contributed by atoms with Gasteiger partial charge in [-0.2, -0.15) is 5.26 Å². The van der Waals surface area contributed by atoms with Crippen molar-refractivity contribution in [2.24, 2.45) is 0 Å². The predicted octanol–water partition coefficient (Wildman–Crippen LogP) is -0.134. The maximum absolute atomic E-state index is 10.3. The molecule has 0 saturated heterocycles. The van der Waals surface area contributed by atoms with Crippen LogP contribution in [0.5, 0.6) is 0 Å². The number of carbonyl (C=O) groups is 1. The molecule has 4 nitrogen and oxygen atoms in total. The van der Waals surface area contributed by atoms with Crippen molar-refractivity contribution in [3.63, 3.8) is 0 Å². The molecule has 0 amide bonds. The van der Waals surface area contributed by atoms with Gasteiger partial charge in [0, 0.05) is 0 Å². The zero-order valence-corrected chi connectivity index (χ0v) is 5.33. The Morgan fingerprint density at radius 1 is 1.73 bits per heavy atom. The van der Waals surface area contributed by atoms with Crippen LogP contribution in [0.3, 0.4) is 0 Å². The summed E-state index contributed by atoms with van der Waals surface area (Å²) in [6, 6.07) is 1.77. The summed E-state index contributed by atoms with van der Waals surface area (Å²) in [7, 11) is 0. The minimum absolute atomic E-state index is 0. The summed E-state index contributed by atoms with van der Waals surface area (Å²) in [5, 5.41) is 16.4. The first-order valence-electron chi connectivity index (χ1n) is 2.60. The zero-order valence-electron chi connectivity index (χ0n) is 5.33. The van der Waals surface area contributed by atoms with Crippen LogP contribution in [0.1, 0.15) is 6.42 Å². The van der Waals surface area contributed by atoms with E-state index in [-0.39, 0.29) is 42.6 Å². The molecular formula is C6H8NNaO3.